The van der Waals surface area contributed by atoms with Crippen molar-refractivity contribution in [2.75, 3.05) is 6.54 Å². The second kappa shape index (κ2) is 6.61. The van der Waals surface area contributed by atoms with Crippen LogP contribution in [0.3, 0.4) is 0 Å². The molecule has 0 radical (unpaired) electrons. The van der Waals surface area contributed by atoms with Crippen LogP contribution in [0.2, 0.25) is 0 Å². The first-order chi connectivity index (χ1) is 8.45. The van der Waals surface area contributed by atoms with E-state index < -0.39 is 5.97 Å². The molecule has 2 amide bonds. The third-order valence-corrected chi connectivity index (χ3v) is 3.58. The lowest BCUT2D eigenvalue weighted by atomic mass is 9.92. The van der Waals surface area contributed by atoms with Crippen molar-refractivity contribution < 1.29 is 14.7 Å². The molecule has 1 aliphatic rings. The first-order valence-electron chi connectivity index (χ1n) is 6.75. The third-order valence-electron chi connectivity index (χ3n) is 3.58. The number of nitrogens with zero attached hydrogens (tertiary/aromatic N) is 1. The molecule has 1 fully saturated rings. The minimum absolute atomic E-state index is 0.00586. The molecule has 0 bridgehead atoms. The highest BCUT2D eigenvalue weighted by molar-refractivity contribution is 5.76. The Balaban J connectivity index is 2.48. The molecule has 1 rings (SSSR count). The molecule has 0 aromatic carbocycles. The van der Waals surface area contributed by atoms with Gasteiger partial charge in [0.05, 0.1) is 5.92 Å². The SMILES string of the molecule is CCCC(C)NC(=O)N1CCC(C(=O)O)CC1C. The van der Waals surface area contributed by atoms with E-state index in [1.807, 2.05) is 13.8 Å². The molecule has 0 aliphatic carbocycles. The van der Waals surface area contributed by atoms with Gasteiger partial charge in [-0.2, -0.15) is 0 Å². The molecule has 5 nitrogen and oxygen atoms in total. The minimum atomic E-state index is -0.749. The fourth-order valence-corrected chi connectivity index (χ4v) is 2.50. The van der Waals surface area contributed by atoms with E-state index in [1.54, 1.807) is 4.90 Å². The molecule has 5 heteroatoms. The Morgan fingerprint density at radius 2 is 2.17 bits per heavy atom. The van der Waals surface area contributed by atoms with Gasteiger partial charge in [0.25, 0.3) is 0 Å². The number of hydrogen-bond donors (Lipinski definition) is 2. The second-order valence-electron chi connectivity index (χ2n) is 5.24. The monoisotopic (exact) mass is 256 g/mol. The summed E-state index contributed by atoms with van der Waals surface area (Å²) in [5.74, 6) is -1.06. The highest BCUT2D eigenvalue weighted by Gasteiger charge is 2.32. The van der Waals surface area contributed by atoms with E-state index in [9.17, 15) is 9.59 Å². The molecule has 3 unspecified atom stereocenters. The average molecular weight is 256 g/mol. The maximum absolute atomic E-state index is 12.0. The summed E-state index contributed by atoms with van der Waals surface area (Å²) in [5, 5.41) is 11.9. The van der Waals surface area contributed by atoms with E-state index in [-0.39, 0.29) is 24.0 Å². The zero-order chi connectivity index (χ0) is 13.7. The molecule has 2 N–H and O–H groups in total. The number of piperidine rings is 1. The van der Waals surface area contributed by atoms with Crippen LogP contribution in [0, 0.1) is 5.92 Å². The lowest BCUT2D eigenvalue weighted by Crippen LogP contribution is -2.51. The maximum atomic E-state index is 12.0. The topological polar surface area (TPSA) is 69.6 Å². The molecular weight excluding hydrogens is 232 g/mol. The summed E-state index contributed by atoms with van der Waals surface area (Å²) in [6.07, 6.45) is 3.10. The van der Waals surface area contributed by atoms with Crippen LogP contribution in [-0.4, -0.2) is 40.6 Å². The number of nitrogens with one attached hydrogen (secondary N) is 1. The van der Waals surface area contributed by atoms with Crippen molar-refractivity contribution in [2.24, 2.45) is 5.92 Å². The third kappa shape index (κ3) is 3.89. The Bertz CT molecular complexity index is 307. The highest BCUT2D eigenvalue weighted by Crippen LogP contribution is 2.23. The number of hydrogen-bond acceptors (Lipinski definition) is 2. The van der Waals surface area contributed by atoms with Crippen molar-refractivity contribution in [3.63, 3.8) is 0 Å². The number of carbonyl (C=O) groups excluding carboxylic acids is 1. The zero-order valence-electron chi connectivity index (χ0n) is 11.5. The Morgan fingerprint density at radius 1 is 1.50 bits per heavy atom. The van der Waals surface area contributed by atoms with Gasteiger partial charge in [-0.15, -0.1) is 0 Å². The van der Waals surface area contributed by atoms with Gasteiger partial charge >= 0.3 is 12.0 Å². The highest BCUT2D eigenvalue weighted by atomic mass is 16.4. The molecular formula is C13H24N2O3. The molecule has 18 heavy (non-hydrogen) atoms. The van der Waals surface area contributed by atoms with Crippen LogP contribution in [0.1, 0.15) is 46.5 Å². The van der Waals surface area contributed by atoms with Gasteiger partial charge in [0.15, 0.2) is 0 Å². The van der Waals surface area contributed by atoms with Crippen LogP contribution in [0.5, 0.6) is 0 Å². The predicted molar refractivity (Wildman–Crippen MR) is 69.4 cm³/mol. The van der Waals surface area contributed by atoms with Crippen molar-refractivity contribution >= 4 is 12.0 Å². The van der Waals surface area contributed by atoms with Gasteiger partial charge in [0.2, 0.25) is 0 Å². The lowest BCUT2D eigenvalue weighted by molar-refractivity contribution is -0.143. The molecule has 1 saturated heterocycles. The molecule has 0 aromatic rings. The van der Waals surface area contributed by atoms with Crippen LogP contribution < -0.4 is 5.32 Å². The zero-order valence-corrected chi connectivity index (χ0v) is 11.5. The molecule has 3 atom stereocenters. The van der Waals surface area contributed by atoms with Crippen LogP contribution in [0.25, 0.3) is 0 Å². The fourth-order valence-electron chi connectivity index (χ4n) is 2.50. The van der Waals surface area contributed by atoms with E-state index in [0.29, 0.717) is 19.4 Å². The van der Waals surface area contributed by atoms with Gasteiger partial charge in [-0.1, -0.05) is 13.3 Å². The van der Waals surface area contributed by atoms with E-state index in [4.69, 9.17) is 5.11 Å². The largest absolute Gasteiger partial charge is 0.481 e. The van der Waals surface area contributed by atoms with E-state index in [1.165, 1.54) is 0 Å². The van der Waals surface area contributed by atoms with Crippen LogP contribution >= 0.6 is 0 Å². The lowest BCUT2D eigenvalue weighted by Gasteiger charge is -2.36. The number of amides is 2. The van der Waals surface area contributed by atoms with Crippen molar-refractivity contribution in [1.29, 1.82) is 0 Å². The normalized spacial score (nSPS) is 25.6. The van der Waals surface area contributed by atoms with Gasteiger partial charge < -0.3 is 15.3 Å². The second-order valence-corrected chi connectivity index (χ2v) is 5.24. The van der Waals surface area contributed by atoms with Crippen molar-refractivity contribution in [3.05, 3.63) is 0 Å². The van der Waals surface area contributed by atoms with Gasteiger partial charge in [-0.05, 0) is 33.1 Å². The van der Waals surface area contributed by atoms with Crippen molar-refractivity contribution in [1.82, 2.24) is 10.2 Å². The van der Waals surface area contributed by atoms with E-state index in [2.05, 4.69) is 12.2 Å². The minimum Gasteiger partial charge on any atom is -0.481 e. The molecule has 104 valence electrons. The standard InChI is InChI=1S/C13H24N2O3/c1-4-5-9(2)14-13(18)15-7-6-11(12(16)17)8-10(15)3/h9-11H,4-8H2,1-3H3,(H,14,18)(H,16,17). The van der Waals surface area contributed by atoms with Gasteiger partial charge in [0.1, 0.15) is 0 Å². The summed E-state index contributed by atoms with van der Waals surface area (Å²) in [5.41, 5.74) is 0. The summed E-state index contributed by atoms with van der Waals surface area (Å²) in [6.45, 7) is 6.53. The smallest absolute Gasteiger partial charge is 0.317 e. The van der Waals surface area contributed by atoms with E-state index in [0.717, 1.165) is 12.8 Å². The summed E-state index contributed by atoms with van der Waals surface area (Å²) in [4.78, 5) is 24.7. The summed E-state index contributed by atoms with van der Waals surface area (Å²) >= 11 is 0. The summed E-state index contributed by atoms with van der Waals surface area (Å²) in [7, 11) is 0. The Kier molecular flexibility index (Phi) is 5.44. The number of carbonyl (C=O) groups is 2. The van der Waals surface area contributed by atoms with Crippen LogP contribution in [0.15, 0.2) is 0 Å². The average Bonchev–Trinajstić information content (AvgIpc) is 2.28. The molecule has 0 spiro atoms. The molecule has 0 saturated carbocycles. The van der Waals surface area contributed by atoms with Crippen LogP contribution in [0.4, 0.5) is 4.79 Å². The fraction of sp³-hybridized carbons (Fsp3) is 0.846. The van der Waals surface area contributed by atoms with Gasteiger partial charge in [-0.3, -0.25) is 4.79 Å². The first kappa shape index (κ1) is 14.8. The van der Waals surface area contributed by atoms with Gasteiger partial charge in [0, 0.05) is 18.6 Å². The number of rotatable bonds is 4. The van der Waals surface area contributed by atoms with Gasteiger partial charge in [-0.25, -0.2) is 4.79 Å². The quantitative estimate of drug-likeness (QED) is 0.809. The first-order valence-corrected chi connectivity index (χ1v) is 6.75. The number of urea groups is 1. The summed E-state index contributed by atoms with van der Waals surface area (Å²) < 4.78 is 0. The van der Waals surface area contributed by atoms with Crippen molar-refractivity contribution in [3.8, 4) is 0 Å². The number of carboxylic acid groups (broad SMARTS) is 1. The number of likely N-dealkylation sites (tertiary alicyclic amines) is 1. The van der Waals surface area contributed by atoms with Crippen LogP contribution in [-0.2, 0) is 4.79 Å². The molecule has 0 aromatic heterocycles. The van der Waals surface area contributed by atoms with Crippen molar-refractivity contribution in [2.45, 2.75) is 58.5 Å². The van der Waals surface area contributed by atoms with E-state index >= 15 is 0 Å². The predicted octanol–water partition coefficient (Wildman–Crippen LogP) is 2.07. The Hall–Kier alpha value is -1.26. The summed E-state index contributed by atoms with van der Waals surface area (Å²) in [6, 6.07) is 0.105. The Morgan fingerprint density at radius 3 is 2.67 bits per heavy atom. The Labute approximate surface area is 109 Å². The molecule has 1 heterocycles. The number of carboxylic acids is 1. The number of aliphatic carboxylic acids is 1. The molecule has 1 aliphatic heterocycles. The maximum Gasteiger partial charge on any atom is 0.317 e.